The largest absolute Gasteiger partial charge is 0.457 e. The molecule has 0 spiro atoms. The molecule has 190 valence electrons. The molecule has 4 atom stereocenters. The molecule has 6 rings (SSSR count). The van der Waals surface area contributed by atoms with E-state index >= 15 is 0 Å². The van der Waals surface area contributed by atoms with Crippen LogP contribution in [0.4, 0.5) is 10.5 Å². The fourth-order valence-electron chi connectivity index (χ4n) is 5.66. The van der Waals surface area contributed by atoms with E-state index in [2.05, 4.69) is 22.1 Å². The number of rotatable bonds is 5. The third kappa shape index (κ3) is 4.61. The van der Waals surface area contributed by atoms with Crippen molar-refractivity contribution in [2.75, 3.05) is 24.5 Å². The number of hydrogen-bond donors (Lipinski definition) is 3. The number of nitrogens with one attached hydrogen (secondary N) is 3. The zero-order valence-electron chi connectivity index (χ0n) is 20.2. The average molecular weight is 517 g/mol. The standard InChI is InChI=1S/C27H28N6O3S/c28-16-32-14-4-5-17(15-32)30-25(34)24-23-22-21(12-13-29-26(22)37-24)33(27(35)31-23)18-8-10-20(11-9-18)36-19-6-2-1-3-7-19/h1-3,6-11,17,21-22,26,29H,4-5,12-15H2,(H,30,34)(H,31,35)/t17-,21?,22?,26?/m1/s1. The lowest BCUT2D eigenvalue weighted by atomic mass is 9.86. The number of nitrogens with zero attached hydrogens (tertiary/aromatic N) is 3. The van der Waals surface area contributed by atoms with E-state index in [0.29, 0.717) is 22.9 Å². The number of ether oxygens (including phenoxy) is 1. The number of hydrogen-bond acceptors (Lipinski definition) is 7. The Labute approximate surface area is 219 Å². The summed E-state index contributed by atoms with van der Waals surface area (Å²) in [5, 5.41) is 18.9. The molecule has 9 nitrogen and oxygen atoms in total. The summed E-state index contributed by atoms with van der Waals surface area (Å²) in [6.07, 6.45) is 4.68. The highest BCUT2D eigenvalue weighted by Crippen LogP contribution is 2.48. The molecule has 4 heterocycles. The Morgan fingerprint density at radius 2 is 1.89 bits per heavy atom. The van der Waals surface area contributed by atoms with E-state index in [1.165, 1.54) is 11.8 Å². The molecule has 3 saturated heterocycles. The molecule has 3 fully saturated rings. The van der Waals surface area contributed by atoms with Crippen LogP contribution in [-0.2, 0) is 4.79 Å². The van der Waals surface area contributed by atoms with Crippen LogP contribution in [0.15, 0.2) is 65.2 Å². The van der Waals surface area contributed by atoms with Gasteiger partial charge in [-0.25, -0.2) is 4.79 Å². The van der Waals surface area contributed by atoms with Crippen LogP contribution in [0.2, 0.25) is 0 Å². The SMILES string of the molecule is N#CN1CCC[C@@H](NC(=O)C2=C3NC(=O)N(c4ccc(Oc5ccccc5)cc4)C4CCNC(S2)C34)C1. The van der Waals surface area contributed by atoms with Crippen LogP contribution < -0.4 is 25.6 Å². The van der Waals surface area contributed by atoms with Crippen molar-refractivity contribution in [2.45, 2.75) is 36.7 Å². The summed E-state index contributed by atoms with van der Waals surface area (Å²) in [5.74, 6) is 1.27. The first kappa shape index (κ1) is 23.7. The minimum Gasteiger partial charge on any atom is -0.457 e. The van der Waals surface area contributed by atoms with Crippen molar-refractivity contribution in [2.24, 2.45) is 5.92 Å². The number of benzene rings is 2. The van der Waals surface area contributed by atoms with Crippen LogP contribution in [0.3, 0.4) is 0 Å². The predicted octanol–water partition coefficient (Wildman–Crippen LogP) is 3.33. The fourth-order valence-corrected chi connectivity index (χ4v) is 7.06. The maximum atomic E-state index is 13.4. The van der Waals surface area contributed by atoms with E-state index in [4.69, 9.17) is 4.74 Å². The van der Waals surface area contributed by atoms with Gasteiger partial charge in [0.1, 0.15) is 11.5 Å². The minimum atomic E-state index is -0.227. The molecule has 4 aliphatic heterocycles. The van der Waals surface area contributed by atoms with E-state index in [1.807, 2.05) is 59.5 Å². The van der Waals surface area contributed by atoms with Crippen LogP contribution in [0.1, 0.15) is 19.3 Å². The van der Waals surface area contributed by atoms with Crippen LogP contribution in [0.25, 0.3) is 0 Å². The molecule has 0 bridgehead atoms. The van der Waals surface area contributed by atoms with Crippen molar-refractivity contribution >= 4 is 29.4 Å². The number of urea groups is 1. The Kier molecular flexibility index (Phi) is 6.40. The summed E-state index contributed by atoms with van der Waals surface area (Å²) in [7, 11) is 0. The summed E-state index contributed by atoms with van der Waals surface area (Å²) in [6.45, 7) is 2.01. The lowest BCUT2D eigenvalue weighted by Crippen LogP contribution is -2.62. The zero-order chi connectivity index (χ0) is 25.4. The van der Waals surface area contributed by atoms with Gasteiger partial charge in [0.15, 0.2) is 6.19 Å². The summed E-state index contributed by atoms with van der Waals surface area (Å²) in [4.78, 5) is 30.8. The van der Waals surface area contributed by atoms with Gasteiger partial charge in [0.2, 0.25) is 0 Å². The molecular formula is C27H28N6O3S. The van der Waals surface area contributed by atoms with E-state index in [0.717, 1.165) is 43.8 Å². The topological polar surface area (TPSA) is 110 Å². The molecule has 0 aliphatic carbocycles. The lowest BCUT2D eigenvalue weighted by Gasteiger charge is -2.45. The Bertz CT molecular complexity index is 1260. The van der Waals surface area contributed by atoms with E-state index < -0.39 is 0 Å². The van der Waals surface area contributed by atoms with Crippen molar-refractivity contribution in [3.63, 3.8) is 0 Å². The number of amides is 3. The third-order valence-corrected chi connectivity index (χ3v) is 8.69. The Balaban J connectivity index is 1.21. The molecule has 2 aromatic rings. The summed E-state index contributed by atoms with van der Waals surface area (Å²) in [5.41, 5.74) is 1.51. The van der Waals surface area contributed by atoms with Gasteiger partial charge < -0.3 is 25.6 Å². The molecule has 0 saturated carbocycles. The van der Waals surface area contributed by atoms with Crippen LogP contribution >= 0.6 is 11.8 Å². The van der Waals surface area contributed by atoms with Crippen LogP contribution in [-0.4, -0.2) is 53.9 Å². The minimum absolute atomic E-state index is 0.0141. The Morgan fingerprint density at radius 1 is 1.11 bits per heavy atom. The monoisotopic (exact) mass is 516 g/mol. The molecule has 3 N–H and O–H groups in total. The van der Waals surface area contributed by atoms with Gasteiger partial charge in [-0.1, -0.05) is 30.0 Å². The van der Waals surface area contributed by atoms with Crippen molar-refractivity contribution in [3.8, 4) is 17.7 Å². The van der Waals surface area contributed by atoms with Gasteiger partial charge in [-0.3, -0.25) is 9.69 Å². The number of para-hydroxylation sites is 1. The van der Waals surface area contributed by atoms with E-state index in [-0.39, 0.29) is 35.3 Å². The number of carbonyl (C=O) groups excluding carboxylic acids is 2. The van der Waals surface area contributed by atoms with Crippen LogP contribution in [0, 0.1) is 17.4 Å². The molecule has 37 heavy (non-hydrogen) atoms. The summed E-state index contributed by atoms with van der Waals surface area (Å²) in [6, 6.07) is 16.8. The quantitative estimate of drug-likeness (QED) is 0.523. The Morgan fingerprint density at radius 3 is 2.68 bits per heavy atom. The van der Waals surface area contributed by atoms with E-state index in [1.54, 1.807) is 4.90 Å². The summed E-state index contributed by atoms with van der Waals surface area (Å²) < 4.78 is 5.91. The molecular weight excluding hydrogens is 488 g/mol. The molecule has 10 heteroatoms. The first-order chi connectivity index (χ1) is 18.1. The number of piperidine rings is 2. The number of anilines is 1. The molecule has 0 radical (unpaired) electrons. The van der Waals surface area contributed by atoms with Gasteiger partial charge in [0.05, 0.1) is 16.3 Å². The molecule has 4 aliphatic rings. The first-order valence-corrected chi connectivity index (χ1v) is 13.5. The fraction of sp³-hybridized carbons (Fsp3) is 0.370. The van der Waals surface area contributed by atoms with Crippen molar-refractivity contribution in [3.05, 3.63) is 65.2 Å². The Hall–Kier alpha value is -3.68. The predicted molar refractivity (Wildman–Crippen MR) is 141 cm³/mol. The van der Waals surface area contributed by atoms with Crippen molar-refractivity contribution in [1.82, 2.24) is 20.9 Å². The van der Waals surface area contributed by atoms with Gasteiger partial charge in [-0.2, -0.15) is 5.26 Å². The highest BCUT2D eigenvalue weighted by molar-refractivity contribution is 8.04. The number of likely N-dealkylation sites (tertiary alicyclic amines) is 1. The molecule has 2 aromatic carbocycles. The summed E-state index contributed by atoms with van der Waals surface area (Å²) >= 11 is 1.49. The average Bonchev–Trinajstić information content (AvgIpc) is 3.30. The highest BCUT2D eigenvalue weighted by atomic mass is 32.2. The zero-order valence-corrected chi connectivity index (χ0v) is 21.0. The maximum absolute atomic E-state index is 13.4. The van der Waals surface area contributed by atoms with Crippen LogP contribution in [0.5, 0.6) is 11.5 Å². The number of nitriles is 1. The lowest BCUT2D eigenvalue weighted by molar-refractivity contribution is -0.117. The van der Waals surface area contributed by atoms with Gasteiger partial charge in [-0.15, -0.1) is 0 Å². The van der Waals surface area contributed by atoms with Gasteiger partial charge >= 0.3 is 6.03 Å². The van der Waals surface area contributed by atoms with E-state index in [9.17, 15) is 14.9 Å². The smallest absolute Gasteiger partial charge is 0.326 e. The molecule has 3 amide bonds. The first-order valence-electron chi connectivity index (χ1n) is 12.6. The van der Waals surface area contributed by atoms with Gasteiger partial charge in [-0.05, 0) is 62.2 Å². The number of carbonyl (C=O) groups is 2. The second-order valence-corrected chi connectivity index (χ2v) is 10.8. The second-order valence-electron chi connectivity index (χ2n) is 9.68. The third-order valence-electron chi connectivity index (χ3n) is 7.34. The number of thioether (sulfide) groups is 1. The molecule has 0 aromatic heterocycles. The van der Waals surface area contributed by atoms with Gasteiger partial charge in [0.25, 0.3) is 5.91 Å². The maximum Gasteiger partial charge on any atom is 0.326 e. The molecule has 3 unspecified atom stereocenters. The second kappa shape index (κ2) is 10.00. The normalized spacial score (nSPS) is 26.7. The van der Waals surface area contributed by atoms with Gasteiger partial charge in [0, 0.05) is 36.4 Å². The van der Waals surface area contributed by atoms with Crippen molar-refractivity contribution < 1.29 is 14.3 Å². The highest BCUT2D eigenvalue weighted by Gasteiger charge is 2.51. The van der Waals surface area contributed by atoms with Crippen molar-refractivity contribution in [1.29, 1.82) is 5.26 Å².